The molecule has 9 nitrogen and oxygen atoms in total. The molecule has 1 aliphatic heterocycles. The summed E-state index contributed by atoms with van der Waals surface area (Å²) in [6.07, 6.45) is 1.77. The standard InChI is InChI=1S/C23H24FN5O4/c1-26(2)16-12-17(28-11-10-27(3)23(28)33)21-25-19(20(31)22(32)29(21)13-16)18(30)9-6-14-4-7-15(24)8-5-14/h4-5,7-8,12-13,31H,6,9-11H2,1-3H3. The monoisotopic (exact) mass is 453 g/mol. The van der Waals surface area contributed by atoms with Crippen LogP contribution in [0.1, 0.15) is 22.5 Å². The first-order valence-corrected chi connectivity index (χ1v) is 10.4. The number of hydrogen-bond donors (Lipinski definition) is 1. The van der Waals surface area contributed by atoms with E-state index in [0.29, 0.717) is 30.9 Å². The summed E-state index contributed by atoms with van der Waals surface area (Å²) in [5, 5.41) is 10.5. The number of amides is 2. The number of ketones is 1. The number of aromatic hydroxyl groups is 1. The third-order valence-corrected chi connectivity index (χ3v) is 5.71. The number of likely N-dealkylation sites (N-methyl/N-ethyl adjacent to an activating group) is 1. The SMILES string of the molecule is CN1CCN(c2cc(N(C)C)cn3c(=O)c(O)c(C(=O)CCc4ccc(F)cc4)nc23)C1=O. The molecule has 1 aliphatic rings. The predicted octanol–water partition coefficient (Wildman–Crippen LogP) is 2.29. The van der Waals surface area contributed by atoms with Gasteiger partial charge in [0.1, 0.15) is 5.82 Å². The Hall–Kier alpha value is -3.95. The minimum absolute atomic E-state index is 0.0295. The van der Waals surface area contributed by atoms with E-state index >= 15 is 0 Å². The molecule has 172 valence electrons. The highest BCUT2D eigenvalue weighted by molar-refractivity contribution is 6.00. The molecule has 33 heavy (non-hydrogen) atoms. The largest absolute Gasteiger partial charge is 0.501 e. The number of pyridine rings is 1. The van der Waals surface area contributed by atoms with Crippen molar-refractivity contribution >= 4 is 28.8 Å². The second kappa shape index (κ2) is 8.53. The summed E-state index contributed by atoms with van der Waals surface area (Å²) < 4.78 is 14.3. The molecule has 0 bridgehead atoms. The van der Waals surface area contributed by atoms with Gasteiger partial charge < -0.3 is 14.9 Å². The summed E-state index contributed by atoms with van der Waals surface area (Å²) in [5.41, 5.74) is 0.704. The van der Waals surface area contributed by atoms with Crippen LogP contribution in [-0.4, -0.2) is 65.4 Å². The van der Waals surface area contributed by atoms with Crippen molar-refractivity contribution in [3.05, 3.63) is 64.0 Å². The summed E-state index contributed by atoms with van der Waals surface area (Å²) in [4.78, 5) is 47.7. The van der Waals surface area contributed by atoms with Crippen LogP contribution in [-0.2, 0) is 6.42 Å². The van der Waals surface area contributed by atoms with Crippen molar-refractivity contribution in [1.29, 1.82) is 0 Å². The number of Topliss-reactive ketones (excluding diaryl/α,β-unsaturated/α-hetero) is 1. The molecule has 3 aromatic rings. The van der Waals surface area contributed by atoms with Gasteiger partial charge in [-0.15, -0.1) is 0 Å². The fourth-order valence-corrected chi connectivity index (χ4v) is 3.73. The Labute approximate surface area is 189 Å². The molecule has 1 N–H and O–H groups in total. The van der Waals surface area contributed by atoms with E-state index in [9.17, 15) is 23.9 Å². The van der Waals surface area contributed by atoms with Gasteiger partial charge in [0, 0.05) is 46.9 Å². The van der Waals surface area contributed by atoms with Crippen LogP contribution in [0.15, 0.2) is 41.3 Å². The fourth-order valence-electron chi connectivity index (χ4n) is 3.73. The van der Waals surface area contributed by atoms with Crippen molar-refractivity contribution in [1.82, 2.24) is 14.3 Å². The van der Waals surface area contributed by atoms with Crippen LogP contribution < -0.4 is 15.4 Å². The van der Waals surface area contributed by atoms with Crippen molar-refractivity contribution in [3.63, 3.8) is 0 Å². The Morgan fingerprint density at radius 3 is 2.48 bits per heavy atom. The molecule has 2 aromatic heterocycles. The number of fused-ring (bicyclic) bond motifs is 1. The number of benzene rings is 1. The van der Waals surface area contributed by atoms with Crippen LogP contribution in [0.25, 0.3) is 5.65 Å². The van der Waals surface area contributed by atoms with E-state index in [2.05, 4.69) is 4.98 Å². The van der Waals surface area contributed by atoms with E-state index in [1.54, 1.807) is 49.1 Å². The Balaban J connectivity index is 1.79. The Morgan fingerprint density at radius 1 is 1.18 bits per heavy atom. The van der Waals surface area contributed by atoms with Gasteiger partial charge in [-0.3, -0.25) is 18.9 Å². The summed E-state index contributed by atoms with van der Waals surface area (Å²) >= 11 is 0. The molecule has 4 rings (SSSR count). The van der Waals surface area contributed by atoms with Gasteiger partial charge in [0.25, 0.3) is 0 Å². The molecule has 0 unspecified atom stereocenters. The average molecular weight is 453 g/mol. The first-order valence-electron chi connectivity index (χ1n) is 10.4. The lowest BCUT2D eigenvalue weighted by Gasteiger charge is -2.22. The summed E-state index contributed by atoms with van der Waals surface area (Å²) in [5.74, 6) is -1.65. The average Bonchev–Trinajstić information content (AvgIpc) is 3.13. The van der Waals surface area contributed by atoms with Gasteiger partial charge in [0.05, 0.1) is 11.4 Å². The van der Waals surface area contributed by atoms with Crippen LogP contribution in [0.5, 0.6) is 5.75 Å². The molecular weight excluding hydrogens is 429 g/mol. The number of aryl methyl sites for hydroxylation is 1. The maximum Gasteiger partial charge on any atom is 0.324 e. The van der Waals surface area contributed by atoms with Gasteiger partial charge in [-0.1, -0.05) is 12.1 Å². The number of anilines is 2. The van der Waals surface area contributed by atoms with Crippen molar-refractivity contribution in [2.45, 2.75) is 12.8 Å². The molecule has 0 saturated carbocycles. The minimum atomic E-state index is -0.796. The third kappa shape index (κ3) is 4.11. The second-order valence-electron chi connectivity index (χ2n) is 8.19. The maximum absolute atomic E-state index is 13.1. The van der Waals surface area contributed by atoms with E-state index < -0.39 is 17.1 Å². The Kier molecular flexibility index (Phi) is 5.75. The van der Waals surface area contributed by atoms with Crippen molar-refractivity contribution in [2.24, 2.45) is 0 Å². The molecule has 0 atom stereocenters. The zero-order chi connectivity index (χ0) is 23.9. The molecule has 0 radical (unpaired) electrons. The number of hydrogen-bond acceptors (Lipinski definition) is 6. The summed E-state index contributed by atoms with van der Waals surface area (Å²) in [6, 6.07) is 7.22. The lowest BCUT2D eigenvalue weighted by Crippen LogP contribution is -2.31. The van der Waals surface area contributed by atoms with Gasteiger partial charge >= 0.3 is 11.6 Å². The first kappa shape index (κ1) is 22.3. The van der Waals surface area contributed by atoms with Crippen LogP contribution in [0.4, 0.5) is 20.6 Å². The minimum Gasteiger partial charge on any atom is -0.501 e. The number of carbonyl (C=O) groups is 2. The highest BCUT2D eigenvalue weighted by Crippen LogP contribution is 2.29. The number of aromatic nitrogens is 2. The lowest BCUT2D eigenvalue weighted by molar-refractivity contribution is 0.0975. The topological polar surface area (TPSA) is 98.5 Å². The first-order chi connectivity index (χ1) is 15.7. The molecular formula is C23H24FN5O4. The molecule has 2 amide bonds. The smallest absolute Gasteiger partial charge is 0.324 e. The zero-order valence-electron chi connectivity index (χ0n) is 18.6. The molecule has 0 aliphatic carbocycles. The zero-order valence-corrected chi connectivity index (χ0v) is 18.6. The number of carbonyl (C=O) groups excluding carboxylic acids is 2. The molecule has 0 spiro atoms. The van der Waals surface area contributed by atoms with Crippen molar-refractivity contribution in [2.75, 3.05) is 44.0 Å². The molecule has 10 heteroatoms. The van der Waals surface area contributed by atoms with Crippen LogP contribution >= 0.6 is 0 Å². The number of rotatable bonds is 6. The van der Waals surface area contributed by atoms with Crippen LogP contribution in [0, 0.1) is 5.82 Å². The van der Waals surface area contributed by atoms with E-state index in [4.69, 9.17) is 0 Å². The highest BCUT2D eigenvalue weighted by Gasteiger charge is 2.30. The number of halogens is 1. The van der Waals surface area contributed by atoms with Crippen molar-refractivity contribution in [3.8, 4) is 5.75 Å². The van der Waals surface area contributed by atoms with E-state index in [0.717, 1.165) is 9.96 Å². The van der Waals surface area contributed by atoms with Crippen LogP contribution in [0.3, 0.4) is 0 Å². The molecule has 1 aromatic carbocycles. The second-order valence-corrected chi connectivity index (χ2v) is 8.19. The highest BCUT2D eigenvalue weighted by atomic mass is 19.1. The van der Waals surface area contributed by atoms with Crippen LogP contribution in [0.2, 0.25) is 0 Å². The van der Waals surface area contributed by atoms with Gasteiger partial charge in [0.15, 0.2) is 17.1 Å². The van der Waals surface area contributed by atoms with Gasteiger partial charge in [-0.25, -0.2) is 14.2 Å². The molecule has 1 fully saturated rings. The van der Waals surface area contributed by atoms with Gasteiger partial charge in [-0.05, 0) is 30.2 Å². The third-order valence-electron chi connectivity index (χ3n) is 5.71. The maximum atomic E-state index is 13.1. The molecule has 1 saturated heterocycles. The van der Waals surface area contributed by atoms with Gasteiger partial charge in [0.2, 0.25) is 5.75 Å². The normalized spacial score (nSPS) is 13.8. The van der Waals surface area contributed by atoms with Gasteiger partial charge in [-0.2, -0.15) is 0 Å². The Morgan fingerprint density at radius 2 is 1.88 bits per heavy atom. The molecule has 3 heterocycles. The Bertz CT molecular complexity index is 1300. The van der Waals surface area contributed by atoms with E-state index in [1.165, 1.54) is 23.2 Å². The summed E-state index contributed by atoms with van der Waals surface area (Å²) in [6.45, 7) is 0.898. The van der Waals surface area contributed by atoms with E-state index in [-0.39, 0.29) is 29.6 Å². The summed E-state index contributed by atoms with van der Waals surface area (Å²) in [7, 11) is 5.25. The number of nitrogens with zero attached hydrogens (tertiary/aromatic N) is 5. The van der Waals surface area contributed by atoms with E-state index in [1.807, 2.05) is 0 Å². The predicted molar refractivity (Wildman–Crippen MR) is 122 cm³/mol. The van der Waals surface area contributed by atoms with Crippen molar-refractivity contribution < 1.29 is 19.1 Å². The number of urea groups is 1. The fraction of sp³-hybridized carbons (Fsp3) is 0.304. The quantitative estimate of drug-likeness (QED) is 0.575. The lowest BCUT2D eigenvalue weighted by atomic mass is 10.1.